The van der Waals surface area contributed by atoms with E-state index in [-0.39, 0.29) is 35.6 Å². The van der Waals surface area contributed by atoms with Crippen molar-refractivity contribution in [1.82, 2.24) is 4.57 Å². The molecule has 8 heteroatoms. The number of hydrogen-bond donors (Lipinski definition) is 0. The van der Waals surface area contributed by atoms with Crippen LogP contribution in [0.15, 0.2) is 24.3 Å². The topological polar surface area (TPSA) is 92.8 Å². The average Bonchev–Trinajstić information content (AvgIpc) is 2.94. The summed E-state index contributed by atoms with van der Waals surface area (Å²) in [5.41, 5.74) is 2.28. The average molecular weight is 376 g/mol. The summed E-state index contributed by atoms with van der Waals surface area (Å²) in [6.45, 7) is 6.20. The van der Waals surface area contributed by atoms with Crippen molar-refractivity contribution < 1.29 is 23.9 Å². The first-order chi connectivity index (χ1) is 12.8. The van der Waals surface area contributed by atoms with Gasteiger partial charge in [-0.2, -0.15) is 0 Å². The van der Waals surface area contributed by atoms with Gasteiger partial charge in [0.1, 0.15) is 0 Å². The maximum atomic E-state index is 12.6. The largest absolute Gasteiger partial charge is 0.493 e. The summed E-state index contributed by atoms with van der Waals surface area (Å²) in [6, 6.07) is 5.93. The van der Waals surface area contributed by atoms with Crippen LogP contribution in [0.3, 0.4) is 0 Å². The number of ether oxygens (including phenoxy) is 3. The van der Waals surface area contributed by atoms with Crippen molar-refractivity contribution >= 4 is 11.5 Å². The molecule has 1 unspecified atom stereocenters. The molecule has 146 valence electrons. The molecule has 0 spiro atoms. The van der Waals surface area contributed by atoms with Crippen LogP contribution in [0, 0.1) is 24.0 Å². The van der Waals surface area contributed by atoms with Gasteiger partial charge in [0.2, 0.25) is 5.78 Å². The van der Waals surface area contributed by atoms with E-state index in [2.05, 4.69) is 4.57 Å². The van der Waals surface area contributed by atoms with E-state index in [4.69, 9.17) is 14.2 Å². The molecule has 8 nitrogen and oxygen atoms in total. The Labute approximate surface area is 157 Å². The number of non-ortho nitro benzene ring substituents is 1. The number of carbonyl (C=O) groups is 1. The van der Waals surface area contributed by atoms with Gasteiger partial charge in [0.15, 0.2) is 18.1 Å². The summed E-state index contributed by atoms with van der Waals surface area (Å²) >= 11 is 0. The third kappa shape index (κ3) is 4.46. The standard InChI is InChI=1S/C19H24N2O6/c1-12-8-16(14(3)20(12)13(2)10-25-4)17(22)11-27-18-7-6-15(21(23)24)9-19(18)26-5/h6-9,13H,10-11H2,1-5H3. The molecule has 0 saturated carbocycles. The number of rotatable bonds is 9. The third-order valence-corrected chi connectivity index (χ3v) is 4.35. The van der Waals surface area contributed by atoms with Crippen LogP contribution < -0.4 is 9.47 Å². The number of Topliss-reactive ketones (excluding diaryl/α,β-unsaturated/α-hetero) is 1. The van der Waals surface area contributed by atoms with Crippen molar-refractivity contribution in [1.29, 1.82) is 0 Å². The molecule has 0 N–H and O–H groups in total. The van der Waals surface area contributed by atoms with Gasteiger partial charge in [-0.25, -0.2) is 0 Å². The molecule has 0 fully saturated rings. The van der Waals surface area contributed by atoms with Gasteiger partial charge in [-0.1, -0.05) is 0 Å². The van der Waals surface area contributed by atoms with Crippen LogP contribution in [0.4, 0.5) is 5.69 Å². The zero-order valence-electron chi connectivity index (χ0n) is 16.1. The van der Waals surface area contributed by atoms with Crippen molar-refractivity contribution in [3.63, 3.8) is 0 Å². The Morgan fingerprint density at radius 1 is 1.22 bits per heavy atom. The molecule has 1 atom stereocenters. The highest BCUT2D eigenvalue weighted by molar-refractivity contribution is 5.98. The van der Waals surface area contributed by atoms with Gasteiger partial charge >= 0.3 is 0 Å². The van der Waals surface area contributed by atoms with E-state index >= 15 is 0 Å². The number of nitro benzene ring substituents is 1. The van der Waals surface area contributed by atoms with Crippen LogP contribution in [-0.2, 0) is 4.74 Å². The maximum Gasteiger partial charge on any atom is 0.273 e. The van der Waals surface area contributed by atoms with Gasteiger partial charge in [0, 0.05) is 30.1 Å². The van der Waals surface area contributed by atoms with Gasteiger partial charge in [-0.3, -0.25) is 14.9 Å². The molecular weight excluding hydrogens is 352 g/mol. The van der Waals surface area contributed by atoms with Crippen molar-refractivity contribution in [2.45, 2.75) is 26.8 Å². The molecular formula is C19H24N2O6. The van der Waals surface area contributed by atoms with Crippen LogP contribution in [0.25, 0.3) is 0 Å². The SMILES string of the molecule is COCC(C)n1c(C)cc(C(=O)COc2ccc([N+](=O)[O-])cc2OC)c1C. The Bertz CT molecular complexity index is 843. The van der Waals surface area contributed by atoms with E-state index in [0.717, 1.165) is 11.4 Å². The van der Waals surface area contributed by atoms with Crippen LogP contribution >= 0.6 is 0 Å². The van der Waals surface area contributed by atoms with Crippen LogP contribution in [0.2, 0.25) is 0 Å². The molecule has 2 rings (SSSR count). The van der Waals surface area contributed by atoms with Crippen LogP contribution in [0.1, 0.15) is 34.7 Å². The molecule has 0 aliphatic heterocycles. The molecule has 1 aromatic heterocycles. The predicted octanol–water partition coefficient (Wildman–Crippen LogP) is 3.49. The lowest BCUT2D eigenvalue weighted by molar-refractivity contribution is -0.384. The highest BCUT2D eigenvalue weighted by Gasteiger charge is 2.20. The first-order valence-corrected chi connectivity index (χ1v) is 8.45. The van der Waals surface area contributed by atoms with Gasteiger partial charge < -0.3 is 18.8 Å². The van der Waals surface area contributed by atoms with E-state index < -0.39 is 4.92 Å². The summed E-state index contributed by atoms with van der Waals surface area (Å²) in [4.78, 5) is 23.0. The molecule has 0 amide bonds. The maximum absolute atomic E-state index is 12.6. The molecule has 2 aromatic rings. The van der Waals surface area contributed by atoms with Crippen molar-refractivity contribution in [3.05, 3.63) is 51.3 Å². The number of methoxy groups -OCH3 is 2. The molecule has 1 heterocycles. The smallest absolute Gasteiger partial charge is 0.273 e. The van der Waals surface area contributed by atoms with Crippen molar-refractivity contribution in [2.75, 3.05) is 27.4 Å². The van der Waals surface area contributed by atoms with E-state index in [1.165, 1.54) is 25.3 Å². The summed E-state index contributed by atoms with van der Waals surface area (Å²) in [5.74, 6) is 0.300. The Balaban J connectivity index is 2.17. The van der Waals surface area contributed by atoms with Crippen molar-refractivity contribution in [3.8, 4) is 11.5 Å². The van der Waals surface area contributed by atoms with Gasteiger partial charge in [0.25, 0.3) is 5.69 Å². The van der Waals surface area contributed by atoms with Crippen molar-refractivity contribution in [2.24, 2.45) is 0 Å². The van der Waals surface area contributed by atoms with Gasteiger partial charge in [0.05, 0.1) is 30.7 Å². The number of aromatic nitrogens is 1. The number of nitro groups is 1. The number of nitrogens with zero attached hydrogens (tertiary/aromatic N) is 2. The summed E-state index contributed by atoms with van der Waals surface area (Å²) in [6.07, 6.45) is 0. The Morgan fingerprint density at radius 3 is 2.52 bits per heavy atom. The zero-order valence-corrected chi connectivity index (χ0v) is 16.1. The summed E-state index contributed by atoms with van der Waals surface area (Å²) in [7, 11) is 3.03. The second kappa shape index (κ2) is 8.68. The lowest BCUT2D eigenvalue weighted by atomic mass is 10.1. The van der Waals surface area contributed by atoms with Gasteiger partial charge in [-0.15, -0.1) is 0 Å². The molecule has 0 aliphatic rings. The minimum absolute atomic E-state index is 0.104. The van der Waals surface area contributed by atoms with E-state index in [1.54, 1.807) is 7.11 Å². The lowest BCUT2D eigenvalue weighted by Gasteiger charge is -2.17. The second-order valence-electron chi connectivity index (χ2n) is 6.26. The molecule has 0 saturated heterocycles. The quantitative estimate of drug-likeness (QED) is 0.378. The highest BCUT2D eigenvalue weighted by Crippen LogP contribution is 2.31. The van der Waals surface area contributed by atoms with Crippen LogP contribution in [-0.4, -0.2) is 42.7 Å². The number of ketones is 1. The second-order valence-corrected chi connectivity index (χ2v) is 6.26. The number of carbonyl (C=O) groups excluding carboxylic acids is 1. The van der Waals surface area contributed by atoms with E-state index in [1.807, 2.05) is 26.8 Å². The normalized spacial score (nSPS) is 11.9. The Kier molecular flexibility index (Phi) is 6.57. The lowest BCUT2D eigenvalue weighted by Crippen LogP contribution is -2.16. The molecule has 1 aromatic carbocycles. The van der Waals surface area contributed by atoms with Gasteiger partial charge in [-0.05, 0) is 32.9 Å². The van der Waals surface area contributed by atoms with Crippen LogP contribution in [0.5, 0.6) is 11.5 Å². The fraction of sp³-hybridized carbons (Fsp3) is 0.421. The fourth-order valence-corrected chi connectivity index (χ4v) is 3.16. The molecule has 0 aliphatic carbocycles. The van der Waals surface area contributed by atoms with E-state index in [9.17, 15) is 14.9 Å². The number of hydrogen-bond acceptors (Lipinski definition) is 6. The van der Waals surface area contributed by atoms with E-state index in [0.29, 0.717) is 12.2 Å². The molecule has 0 bridgehead atoms. The minimum Gasteiger partial charge on any atom is -0.493 e. The monoisotopic (exact) mass is 376 g/mol. The first-order valence-electron chi connectivity index (χ1n) is 8.45. The molecule has 27 heavy (non-hydrogen) atoms. The molecule has 0 radical (unpaired) electrons. The zero-order chi connectivity index (χ0) is 20.1. The Hall–Kier alpha value is -2.87. The fourth-order valence-electron chi connectivity index (χ4n) is 3.16. The minimum atomic E-state index is -0.520. The summed E-state index contributed by atoms with van der Waals surface area (Å²) < 4.78 is 17.9. The Morgan fingerprint density at radius 2 is 1.93 bits per heavy atom. The predicted molar refractivity (Wildman–Crippen MR) is 100.0 cm³/mol. The summed E-state index contributed by atoms with van der Waals surface area (Å²) in [5, 5.41) is 10.8. The number of benzene rings is 1. The third-order valence-electron chi connectivity index (χ3n) is 4.35. The highest BCUT2D eigenvalue weighted by atomic mass is 16.6. The number of aryl methyl sites for hydroxylation is 1. The first kappa shape index (κ1) is 20.4.